The lowest BCUT2D eigenvalue weighted by Gasteiger charge is -2.25. The summed E-state index contributed by atoms with van der Waals surface area (Å²) in [7, 11) is 3.33. The molecule has 0 bridgehead atoms. The topological polar surface area (TPSA) is 98.4 Å². The molecule has 0 atom stereocenters. The summed E-state index contributed by atoms with van der Waals surface area (Å²) in [6, 6.07) is 9.85. The molecule has 27 heavy (non-hydrogen) atoms. The Balaban J connectivity index is 1.91. The Morgan fingerprint density at radius 3 is 2.48 bits per heavy atom. The lowest BCUT2D eigenvalue weighted by atomic mass is 10.2. The molecule has 0 fully saturated rings. The van der Waals surface area contributed by atoms with E-state index in [2.05, 4.69) is 20.3 Å². The van der Waals surface area contributed by atoms with Gasteiger partial charge in [0.25, 0.3) is 0 Å². The van der Waals surface area contributed by atoms with Gasteiger partial charge in [0.2, 0.25) is 0 Å². The van der Waals surface area contributed by atoms with Crippen molar-refractivity contribution in [1.29, 1.82) is 0 Å². The molecule has 3 rings (SSSR count). The van der Waals surface area contributed by atoms with E-state index in [0.717, 1.165) is 16.6 Å². The van der Waals surface area contributed by atoms with E-state index in [1.54, 1.807) is 20.4 Å². The average molecular weight is 368 g/mol. The van der Waals surface area contributed by atoms with Crippen molar-refractivity contribution in [3.8, 4) is 0 Å². The number of hydrogen-bond donors (Lipinski definition) is 2. The minimum absolute atomic E-state index is 0.470. The normalized spacial score (nSPS) is 10.9. The summed E-state index contributed by atoms with van der Waals surface area (Å²) in [5, 5.41) is 4.33. The Kier molecular flexibility index (Phi) is 6.35. The third kappa shape index (κ3) is 4.42. The number of hydrogen-bond acceptors (Lipinski definition) is 8. The van der Waals surface area contributed by atoms with Crippen LogP contribution >= 0.6 is 0 Å². The quantitative estimate of drug-likeness (QED) is 0.594. The number of anilines is 4. The molecule has 0 aliphatic rings. The second-order valence-electron chi connectivity index (χ2n) is 5.94. The van der Waals surface area contributed by atoms with Crippen LogP contribution in [0.2, 0.25) is 0 Å². The van der Waals surface area contributed by atoms with E-state index in [-0.39, 0.29) is 0 Å². The first-order chi connectivity index (χ1) is 13.2. The van der Waals surface area contributed by atoms with E-state index in [1.807, 2.05) is 35.2 Å². The standard InChI is InChI=1S/C19H24N6O2/c1-26-11-9-25(10-12-27-2)19-16(20)18(22-13-23-19)24-15-7-3-5-14-6-4-8-21-17(14)15/h3-8,13H,9-12,20H2,1-2H3,(H,22,23,24). The third-order valence-corrected chi connectivity index (χ3v) is 4.18. The predicted octanol–water partition coefficient (Wildman–Crippen LogP) is 2.45. The summed E-state index contributed by atoms with van der Waals surface area (Å²) < 4.78 is 10.4. The van der Waals surface area contributed by atoms with E-state index >= 15 is 0 Å². The molecule has 2 heterocycles. The van der Waals surface area contributed by atoms with Gasteiger partial charge in [-0.1, -0.05) is 18.2 Å². The molecule has 0 saturated carbocycles. The van der Waals surface area contributed by atoms with Crippen molar-refractivity contribution in [3.63, 3.8) is 0 Å². The number of nitrogen functional groups attached to an aromatic ring is 1. The average Bonchev–Trinajstić information content (AvgIpc) is 2.70. The SMILES string of the molecule is COCCN(CCOC)c1ncnc(Nc2cccc3cccnc23)c1N. The van der Waals surface area contributed by atoms with Gasteiger partial charge in [0.05, 0.1) is 24.4 Å². The van der Waals surface area contributed by atoms with Crippen LogP contribution in [0.3, 0.4) is 0 Å². The van der Waals surface area contributed by atoms with Crippen LogP contribution in [0.4, 0.5) is 23.0 Å². The lowest BCUT2D eigenvalue weighted by molar-refractivity contribution is 0.190. The molecule has 0 aliphatic heterocycles. The molecule has 0 aliphatic carbocycles. The van der Waals surface area contributed by atoms with Gasteiger partial charge < -0.3 is 25.4 Å². The van der Waals surface area contributed by atoms with E-state index in [0.29, 0.717) is 43.6 Å². The second kappa shape index (κ2) is 9.11. The summed E-state index contributed by atoms with van der Waals surface area (Å²) >= 11 is 0. The van der Waals surface area contributed by atoms with Crippen LogP contribution in [0.15, 0.2) is 42.9 Å². The maximum atomic E-state index is 6.39. The summed E-state index contributed by atoms with van der Waals surface area (Å²) in [4.78, 5) is 15.2. The van der Waals surface area contributed by atoms with Crippen LogP contribution in [0.25, 0.3) is 10.9 Å². The molecule has 142 valence electrons. The van der Waals surface area contributed by atoms with E-state index in [9.17, 15) is 0 Å². The number of methoxy groups -OCH3 is 2. The van der Waals surface area contributed by atoms with Crippen molar-refractivity contribution in [2.24, 2.45) is 0 Å². The van der Waals surface area contributed by atoms with Crippen molar-refractivity contribution >= 4 is 33.9 Å². The molecule has 0 unspecified atom stereocenters. The van der Waals surface area contributed by atoms with Crippen LogP contribution in [-0.2, 0) is 9.47 Å². The van der Waals surface area contributed by atoms with Gasteiger partial charge in [0.15, 0.2) is 11.6 Å². The molecule has 0 radical (unpaired) electrons. The van der Waals surface area contributed by atoms with Crippen molar-refractivity contribution in [1.82, 2.24) is 15.0 Å². The van der Waals surface area contributed by atoms with Crippen LogP contribution in [0.5, 0.6) is 0 Å². The Labute approximate surface area is 158 Å². The highest BCUT2D eigenvalue weighted by molar-refractivity contribution is 5.93. The fourth-order valence-electron chi connectivity index (χ4n) is 2.80. The Bertz CT molecular complexity index is 876. The molecule has 0 spiro atoms. The molecule has 8 nitrogen and oxygen atoms in total. The summed E-state index contributed by atoms with van der Waals surface area (Å²) in [6.45, 7) is 2.42. The first-order valence-electron chi connectivity index (χ1n) is 8.68. The monoisotopic (exact) mass is 368 g/mol. The Morgan fingerprint density at radius 2 is 1.74 bits per heavy atom. The lowest BCUT2D eigenvalue weighted by Crippen LogP contribution is -2.32. The molecule has 1 aromatic carbocycles. The number of ether oxygens (including phenoxy) is 2. The highest BCUT2D eigenvalue weighted by atomic mass is 16.5. The van der Waals surface area contributed by atoms with Gasteiger partial charge in [0.1, 0.15) is 12.0 Å². The molecule has 0 amide bonds. The number of aromatic nitrogens is 3. The largest absolute Gasteiger partial charge is 0.393 e. The minimum atomic E-state index is 0.470. The van der Waals surface area contributed by atoms with Gasteiger partial charge in [-0.25, -0.2) is 9.97 Å². The van der Waals surface area contributed by atoms with Crippen LogP contribution in [0, 0.1) is 0 Å². The highest BCUT2D eigenvalue weighted by Gasteiger charge is 2.16. The van der Waals surface area contributed by atoms with Crippen molar-refractivity contribution < 1.29 is 9.47 Å². The summed E-state index contributed by atoms with van der Waals surface area (Å²) in [6.07, 6.45) is 3.26. The zero-order chi connectivity index (χ0) is 19.1. The van der Waals surface area contributed by atoms with E-state index in [4.69, 9.17) is 15.2 Å². The van der Waals surface area contributed by atoms with Gasteiger partial charge in [-0.15, -0.1) is 0 Å². The number of fused-ring (bicyclic) bond motifs is 1. The third-order valence-electron chi connectivity index (χ3n) is 4.18. The minimum Gasteiger partial charge on any atom is -0.393 e. The van der Waals surface area contributed by atoms with Crippen molar-refractivity contribution in [2.45, 2.75) is 0 Å². The fraction of sp³-hybridized carbons (Fsp3) is 0.316. The zero-order valence-electron chi connectivity index (χ0n) is 15.6. The van der Waals surface area contributed by atoms with Gasteiger partial charge in [-0.3, -0.25) is 4.98 Å². The number of nitrogens with two attached hydrogens (primary N) is 1. The van der Waals surface area contributed by atoms with Gasteiger partial charge in [0, 0.05) is 38.9 Å². The molecule has 3 aromatic rings. The predicted molar refractivity (Wildman–Crippen MR) is 107 cm³/mol. The van der Waals surface area contributed by atoms with Crippen molar-refractivity contribution in [2.75, 3.05) is 56.5 Å². The molecule has 2 aromatic heterocycles. The maximum Gasteiger partial charge on any atom is 0.159 e. The Morgan fingerprint density at radius 1 is 1.00 bits per heavy atom. The zero-order valence-corrected chi connectivity index (χ0v) is 15.6. The number of benzene rings is 1. The van der Waals surface area contributed by atoms with Crippen molar-refractivity contribution in [3.05, 3.63) is 42.9 Å². The first-order valence-corrected chi connectivity index (χ1v) is 8.68. The van der Waals surface area contributed by atoms with Crippen LogP contribution in [-0.4, -0.2) is 55.5 Å². The maximum absolute atomic E-state index is 6.39. The van der Waals surface area contributed by atoms with Gasteiger partial charge >= 0.3 is 0 Å². The second-order valence-corrected chi connectivity index (χ2v) is 5.94. The summed E-state index contributed by atoms with van der Waals surface area (Å²) in [5.41, 5.74) is 8.55. The molecular formula is C19H24N6O2. The van der Waals surface area contributed by atoms with Gasteiger partial charge in [-0.2, -0.15) is 0 Å². The fourth-order valence-corrected chi connectivity index (χ4v) is 2.80. The molecular weight excluding hydrogens is 344 g/mol. The molecule has 0 saturated heterocycles. The van der Waals surface area contributed by atoms with Crippen LogP contribution < -0.4 is 16.0 Å². The smallest absolute Gasteiger partial charge is 0.159 e. The number of nitrogens with one attached hydrogen (secondary N) is 1. The number of pyridine rings is 1. The van der Waals surface area contributed by atoms with Gasteiger partial charge in [-0.05, 0) is 12.1 Å². The van der Waals surface area contributed by atoms with E-state index < -0.39 is 0 Å². The number of nitrogens with zero attached hydrogens (tertiary/aromatic N) is 4. The number of rotatable bonds is 9. The van der Waals surface area contributed by atoms with E-state index in [1.165, 1.54) is 6.33 Å². The van der Waals surface area contributed by atoms with Crippen LogP contribution in [0.1, 0.15) is 0 Å². The summed E-state index contributed by atoms with van der Waals surface area (Å²) in [5.74, 6) is 1.19. The Hall–Kier alpha value is -2.97. The highest BCUT2D eigenvalue weighted by Crippen LogP contribution is 2.30. The first kappa shape index (κ1) is 18.8. The molecule has 3 N–H and O–H groups in total. The molecule has 8 heteroatoms. The number of para-hydroxylation sites is 1.